The summed E-state index contributed by atoms with van der Waals surface area (Å²) in [5, 5.41) is 9.79. The molecule has 0 aliphatic carbocycles. The number of nitrogens with zero attached hydrogens (tertiary/aromatic N) is 1. The third kappa shape index (κ3) is 3.16. The second-order valence-corrected chi connectivity index (χ2v) is 5.68. The highest BCUT2D eigenvalue weighted by atomic mass is 19.1. The van der Waals surface area contributed by atoms with Gasteiger partial charge in [-0.1, -0.05) is 12.1 Å². The highest BCUT2D eigenvalue weighted by Crippen LogP contribution is 2.25. The molecule has 4 nitrogen and oxygen atoms in total. The van der Waals surface area contributed by atoms with Crippen molar-refractivity contribution in [3.63, 3.8) is 0 Å². The molecule has 1 atom stereocenters. The maximum absolute atomic E-state index is 13.3. The zero-order valence-electron chi connectivity index (χ0n) is 12.0. The Morgan fingerprint density at radius 1 is 1.50 bits per heavy atom. The number of amides is 1. The minimum Gasteiger partial charge on any atom is -0.381 e. The average Bonchev–Trinajstić information content (AvgIpc) is 2.40. The van der Waals surface area contributed by atoms with E-state index in [1.54, 1.807) is 24.0 Å². The molecule has 1 aromatic carbocycles. The highest BCUT2D eigenvalue weighted by molar-refractivity contribution is 5.84. The summed E-state index contributed by atoms with van der Waals surface area (Å²) in [5.74, 6) is -0.571. The van der Waals surface area contributed by atoms with Crippen LogP contribution in [0.15, 0.2) is 18.2 Å². The second-order valence-electron chi connectivity index (χ2n) is 5.68. The predicted octanol–water partition coefficient (Wildman–Crippen LogP) is 1.80. The van der Waals surface area contributed by atoms with Gasteiger partial charge in [0.2, 0.25) is 0 Å². The summed E-state index contributed by atoms with van der Waals surface area (Å²) < 4.78 is 18.9. The number of aliphatic hydroxyl groups is 1. The van der Waals surface area contributed by atoms with Crippen LogP contribution in [-0.2, 0) is 9.53 Å². The van der Waals surface area contributed by atoms with E-state index in [0.717, 1.165) is 5.56 Å². The van der Waals surface area contributed by atoms with Crippen LogP contribution < -0.4 is 0 Å². The number of aryl methyl sites for hydroxylation is 1. The van der Waals surface area contributed by atoms with Gasteiger partial charge >= 0.3 is 0 Å². The van der Waals surface area contributed by atoms with Crippen LogP contribution in [0, 0.1) is 12.7 Å². The summed E-state index contributed by atoms with van der Waals surface area (Å²) in [6, 6.07) is 4.81. The molecule has 0 bridgehead atoms. The summed E-state index contributed by atoms with van der Waals surface area (Å²) in [5.41, 5.74) is 0.00910. The van der Waals surface area contributed by atoms with Gasteiger partial charge in [-0.05, 0) is 38.0 Å². The fourth-order valence-corrected chi connectivity index (χ4v) is 2.29. The summed E-state index contributed by atoms with van der Waals surface area (Å²) >= 11 is 0. The lowest BCUT2D eigenvalue weighted by Gasteiger charge is -2.36. The lowest BCUT2D eigenvalue weighted by Crippen LogP contribution is -2.50. The molecular formula is C15H20FNO3. The van der Waals surface area contributed by atoms with Crippen molar-refractivity contribution in [1.82, 2.24) is 4.90 Å². The number of morpholine rings is 1. The number of halogens is 1. The molecule has 1 aliphatic heterocycles. The van der Waals surface area contributed by atoms with Crippen molar-refractivity contribution in [3.8, 4) is 0 Å². The van der Waals surface area contributed by atoms with Gasteiger partial charge in [0, 0.05) is 6.54 Å². The van der Waals surface area contributed by atoms with E-state index in [1.165, 1.54) is 19.9 Å². The van der Waals surface area contributed by atoms with Gasteiger partial charge in [0.05, 0.1) is 13.2 Å². The average molecular weight is 281 g/mol. The van der Waals surface area contributed by atoms with Gasteiger partial charge in [-0.15, -0.1) is 0 Å². The number of carbonyl (C=O) groups is 1. The number of ether oxygens (including phenoxy) is 1. The Labute approximate surface area is 118 Å². The molecule has 1 fully saturated rings. The van der Waals surface area contributed by atoms with Crippen LogP contribution in [0.3, 0.4) is 0 Å². The maximum Gasteiger partial charge on any atom is 0.254 e. The molecule has 5 heteroatoms. The van der Waals surface area contributed by atoms with Gasteiger partial charge in [0.25, 0.3) is 5.91 Å². The van der Waals surface area contributed by atoms with Crippen molar-refractivity contribution >= 4 is 5.91 Å². The van der Waals surface area contributed by atoms with Crippen molar-refractivity contribution in [2.75, 3.05) is 19.7 Å². The fourth-order valence-electron chi connectivity index (χ4n) is 2.29. The maximum atomic E-state index is 13.3. The van der Waals surface area contributed by atoms with Crippen molar-refractivity contribution in [1.29, 1.82) is 0 Å². The zero-order chi connectivity index (χ0) is 14.9. The van der Waals surface area contributed by atoms with Gasteiger partial charge < -0.3 is 14.7 Å². The molecule has 1 N–H and O–H groups in total. The summed E-state index contributed by atoms with van der Waals surface area (Å²) in [6.45, 7) is 5.88. The molecule has 20 heavy (non-hydrogen) atoms. The van der Waals surface area contributed by atoms with Crippen LogP contribution in [0.1, 0.15) is 31.1 Å². The van der Waals surface area contributed by atoms with Crippen LogP contribution in [0.5, 0.6) is 0 Å². The van der Waals surface area contributed by atoms with E-state index in [1.807, 2.05) is 0 Å². The quantitative estimate of drug-likeness (QED) is 0.899. The number of hydrogen-bond acceptors (Lipinski definition) is 3. The summed E-state index contributed by atoms with van der Waals surface area (Å²) in [6.07, 6.45) is -0.283. The van der Waals surface area contributed by atoms with Crippen LogP contribution >= 0.6 is 0 Å². The van der Waals surface area contributed by atoms with E-state index in [-0.39, 0.29) is 17.8 Å². The minimum absolute atomic E-state index is 0.256. The standard InChI is InChI=1S/C15H20FNO3/c1-10-8-11(4-5-12(10)16)13-9-17(6-7-20-13)14(18)15(2,3)19/h4-5,8,13,19H,6-7,9H2,1-3H3/t13-/m0/s1. The van der Waals surface area contributed by atoms with Crippen LogP contribution in [0.25, 0.3) is 0 Å². The lowest BCUT2D eigenvalue weighted by molar-refractivity contribution is -0.155. The molecule has 1 heterocycles. The van der Waals surface area contributed by atoms with Crippen LogP contribution in [-0.4, -0.2) is 41.2 Å². The molecule has 0 aromatic heterocycles. The van der Waals surface area contributed by atoms with Crippen LogP contribution in [0.2, 0.25) is 0 Å². The van der Waals surface area contributed by atoms with Crippen LogP contribution in [0.4, 0.5) is 4.39 Å². The summed E-state index contributed by atoms with van der Waals surface area (Å²) in [7, 11) is 0. The molecular weight excluding hydrogens is 261 g/mol. The van der Waals surface area contributed by atoms with Crippen molar-refractivity contribution < 1.29 is 19.0 Å². The van der Waals surface area contributed by atoms with E-state index >= 15 is 0 Å². The molecule has 1 aliphatic rings. The Kier molecular flexibility index (Phi) is 4.11. The minimum atomic E-state index is -1.39. The molecule has 110 valence electrons. The molecule has 2 rings (SSSR count). The first-order valence-corrected chi connectivity index (χ1v) is 6.68. The molecule has 0 unspecified atom stereocenters. The first-order chi connectivity index (χ1) is 9.29. The Balaban J connectivity index is 2.14. The van der Waals surface area contributed by atoms with Gasteiger partial charge in [-0.3, -0.25) is 4.79 Å². The predicted molar refractivity (Wildman–Crippen MR) is 72.7 cm³/mol. The Bertz CT molecular complexity index is 510. The molecule has 1 aromatic rings. The Morgan fingerprint density at radius 2 is 2.20 bits per heavy atom. The molecule has 0 radical (unpaired) electrons. The molecule has 0 saturated carbocycles. The third-order valence-corrected chi connectivity index (χ3v) is 3.43. The number of carbonyl (C=O) groups excluding carboxylic acids is 1. The topological polar surface area (TPSA) is 49.8 Å². The largest absolute Gasteiger partial charge is 0.381 e. The van der Waals surface area contributed by atoms with Gasteiger partial charge in [0.15, 0.2) is 0 Å². The van der Waals surface area contributed by atoms with E-state index in [4.69, 9.17) is 4.74 Å². The van der Waals surface area contributed by atoms with Crippen molar-refractivity contribution in [2.24, 2.45) is 0 Å². The number of rotatable bonds is 2. The van der Waals surface area contributed by atoms with E-state index in [2.05, 4.69) is 0 Å². The van der Waals surface area contributed by atoms with E-state index in [9.17, 15) is 14.3 Å². The second kappa shape index (κ2) is 5.50. The van der Waals surface area contributed by atoms with E-state index in [0.29, 0.717) is 25.3 Å². The van der Waals surface area contributed by atoms with Gasteiger partial charge in [-0.25, -0.2) is 4.39 Å². The monoisotopic (exact) mass is 281 g/mol. The van der Waals surface area contributed by atoms with Gasteiger partial charge in [0.1, 0.15) is 17.5 Å². The van der Waals surface area contributed by atoms with Gasteiger partial charge in [-0.2, -0.15) is 0 Å². The van der Waals surface area contributed by atoms with Crippen molar-refractivity contribution in [2.45, 2.75) is 32.5 Å². The third-order valence-electron chi connectivity index (χ3n) is 3.43. The summed E-state index contributed by atoms with van der Waals surface area (Å²) in [4.78, 5) is 13.7. The fraction of sp³-hybridized carbons (Fsp3) is 0.533. The number of hydrogen-bond donors (Lipinski definition) is 1. The first kappa shape index (κ1) is 14.9. The molecule has 1 saturated heterocycles. The highest BCUT2D eigenvalue weighted by Gasteiger charge is 2.33. The SMILES string of the molecule is Cc1cc([C@@H]2CN(C(=O)C(C)(C)O)CCO2)ccc1F. The Hall–Kier alpha value is -1.46. The normalized spacial score (nSPS) is 20.1. The first-order valence-electron chi connectivity index (χ1n) is 6.68. The van der Waals surface area contributed by atoms with Crippen molar-refractivity contribution in [3.05, 3.63) is 35.1 Å². The lowest BCUT2D eigenvalue weighted by atomic mass is 10.0. The molecule has 1 amide bonds. The smallest absolute Gasteiger partial charge is 0.254 e. The molecule has 0 spiro atoms. The Morgan fingerprint density at radius 3 is 2.80 bits per heavy atom. The zero-order valence-corrected chi connectivity index (χ0v) is 12.0. The number of benzene rings is 1. The van der Waals surface area contributed by atoms with E-state index < -0.39 is 5.60 Å².